The van der Waals surface area contributed by atoms with Crippen molar-refractivity contribution in [1.82, 2.24) is 14.5 Å². The molecule has 11 nitrogen and oxygen atoms in total. The standard InChI is InChI=1S/C31H25N5O6/c1-40-25-15-19(13-21-16-34-30(33)35-29(21)32)12-20(28(25)41-2)10-8-18-9-11-23-24(14-18)36(22-6-4-3-5-7-22)17-26(27(23)37)42-31(38)39/h3-7,9,11-12,14-17H,13H2,1-2H3,(H,38,39)(H4,32,33,34,35). The van der Waals surface area contributed by atoms with Gasteiger partial charge in [-0.15, -0.1) is 0 Å². The van der Waals surface area contributed by atoms with Crippen LogP contribution in [0.15, 0.2) is 77.9 Å². The van der Waals surface area contributed by atoms with E-state index < -0.39 is 11.6 Å². The predicted molar refractivity (Wildman–Crippen MR) is 157 cm³/mol. The molecule has 0 spiro atoms. The van der Waals surface area contributed by atoms with Crippen LogP contribution in [0.2, 0.25) is 0 Å². The number of rotatable bonds is 6. The molecule has 42 heavy (non-hydrogen) atoms. The highest BCUT2D eigenvalue weighted by atomic mass is 16.7. The number of nitrogens with two attached hydrogens (primary N) is 2. The Morgan fingerprint density at radius 2 is 1.79 bits per heavy atom. The van der Waals surface area contributed by atoms with E-state index in [0.29, 0.717) is 45.8 Å². The van der Waals surface area contributed by atoms with Crippen LogP contribution in [-0.4, -0.2) is 40.0 Å². The summed E-state index contributed by atoms with van der Waals surface area (Å²) in [6.07, 6.45) is 1.76. The van der Waals surface area contributed by atoms with Crippen LogP contribution in [0.4, 0.5) is 16.6 Å². The molecule has 11 heteroatoms. The van der Waals surface area contributed by atoms with E-state index in [4.69, 9.17) is 30.8 Å². The molecule has 0 atom stereocenters. The largest absolute Gasteiger partial charge is 0.511 e. The summed E-state index contributed by atoms with van der Waals surface area (Å²) in [5.74, 6) is 7.29. The number of hydrogen-bond acceptors (Lipinski definition) is 9. The van der Waals surface area contributed by atoms with Gasteiger partial charge < -0.3 is 35.4 Å². The van der Waals surface area contributed by atoms with E-state index in [1.807, 2.05) is 42.5 Å². The van der Waals surface area contributed by atoms with Gasteiger partial charge >= 0.3 is 6.16 Å². The van der Waals surface area contributed by atoms with E-state index in [2.05, 4.69) is 21.8 Å². The van der Waals surface area contributed by atoms with E-state index in [9.17, 15) is 9.59 Å². The molecule has 0 aliphatic carbocycles. The zero-order valence-electron chi connectivity index (χ0n) is 22.6. The highest BCUT2D eigenvalue weighted by Crippen LogP contribution is 2.33. The Balaban J connectivity index is 1.61. The van der Waals surface area contributed by atoms with Gasteiger partial charge in [0.2, 0.25) is 11.4 Å². The number of nitrogens with zero attached hydrogens (tertiary/aromatic N) is 3. The number of methoxy groups -OCH3 is 2. The number of fused-ring (bicyclic) bond motifs is 1. The number of anilines is 2. The fourth-order valence-corrected chi connectivity index (χ4v) is 4.49. The van der Waals surface area contributed by atoms with Crippen molar-refractivity contribution in [3.05, 3.63) is 106 Å². The van der Waals surface area contributed by atoms with Crippen molar-refractivity contribution in [3.63, 3.8) is 0 Å². The van der Waals surface area contributed by atoms with E-state index in [1.165, 1.54) is 20.4 Å². The third-order valence-corrected chi connectivity index (χ3v) is 6.40. The Kier molecular flexibility index (Phi) is 7.61. The number of ether oxygens (including phenoxy) is 3. The van der Waals surface area contributed by atoms with Crippen LogP contribution in [-0.2, 0) is 6.42 Å². The van der Waals surface area contributed by atoms with Gasteiger partial charge in [-0.3, -0.25) is 4.79 Å². The second kappa shape index (κ2) is 11.6. The fourth-order valence-electron chi connectivity index (χ4n) is 4.49. The van der Waals surface area contributed by atoms with Gasteiger partial charge in [-0.1, -0.05) is 30.0 Å². The lowest BCUT2D eigenvalue weighted by atomic mass is 10.0. The summed E-state index contributed by atoms with van der Waals surface area (Å²) in [4.78, 5) is 32.3. The summed E-state index contributed by atoms with van der Waals surface area (Å²) in [5, 5.41) is 9.40. The molecular weight excluding hydrogens is 538 g/mol. The number of carboxylic acid groups (broad SMARTS) is 1. The minimum atomic E-state index is -1.58. The molecule has 5 rings (SSSR count). The Morgan fingerprint density at radius 3 is 2.48 bits per heavy atom. The molecule has 210 valence electrons. The summed E-state index contributed by atoms with van der Waals surface area (Å²) in [5.41, 5.74) is 15.0. The Bertz CT molecular complexity index is 1940. The normalized spacial score (nSPS) is 10.5. The van der Waals surface area contributed by atoms with Gasteiger partial charge in [0.1, 0.15) is 5.82 Å². The predicted octanol–water partition coefficient (Wildman–Crippen LogP) is 4.01. The van der Waals surface area contributed by atoms with E-state index in [1.54, 1.807) is 29.0 Å². The smallest absolute Gasteiger partial charge is 0.493 e. The van der Waals surface area contributed by atoms with Crippen molar-refractivity contribution in [2.45, 2.75) is 6.42 Å². The molecule has 0 aliphatic rings. The molecule has 0 aliphatic heterocycles. The van der Waals surface area contributed by atoms with Gasteiger partial charge in [0.05, 0.1) is 36.9 Å². The van der Waals surface area contributed by atoms with Gasteiger partial charge in [-0.05, 0) is 48.0 Å². The molecule has 5 aromatic rings. The summed E-state index contributed by atoms with van der Waals surface area (Å²) in [6, 6.07) is 17.9. The van der Waals surface area contributed by atoms with Crippen LogP contribution in [0, 0.1) is 11.8 Å². The average Bonchev–Trinajstić information content (AvgIpc) is 2.98. The average molecular weight is 564 g/mol. The van der Waals surface area contributed by atoms with Crippen molar-refractivity contribution < 1.29 is 24.1 Å². The first-order valence-electron chi connectivity index (χ1n) is 12.6. The molecule has 0 amide bonds. The molecule has 0 saturated carbocycles. The van der Waals surface area contributed by atoms with Crippen LogP contribution in [0.25, 0.3) is 16.6 Å². The monoisotopic (exact) mass is 563 g/mol. The topological polar surface area (TPSA) is 165 Å². The third-order valence-electron chi connectivity index (χ3n) is 6.40. The number of carbonyl (C=O) groups is 1. The summed E-state index contributed by atoms with van der Waals surface area (Å²) < 4.78 is 17.6. The molecule has 2 heterocycles. The second-order valence-corrected chi connectivity index (χ2v) is 9.07. The maximum Gasteiger partial charge on any atom is 0.511 e. The number of pyridine rings is 1. The zero-order chi connectivity index (χ0) is 29.8. The van der Waals surface area contributed by atoms with E-state index in [-0.39, 0.29) is 22.9 Å². The van der Waals surface area contributed by atoms with E-state index >= 15 is 0 Å². The first kappa shape index (κ1) is 27.5. The summed E-state index contributed by atoms with van der Waals surface area (Å²) >= 11 is 0. The number of para-hydroxylation sites is 1. The Morgan fingerprint density at radius 1 is 1.00 bits per heavy atom. The number of hydrogen-bond donors (Lipinski definition) is 3. The maximum atomic E-state index is 13.0. The third kappa shape index (κ3) is 5.64. The van der Waals surface area contributed by atoms with E-state index in [0.717, 1.165) is 5.56 Å². The highest BCUT2D eigenvalue weighted by Gasteiger charge is 2.16. The van der Waals surface area contributed by atoms with Crippen LogP contribution < -0.4 is 31.1 Å². The first-order valence-corrected chi connectivity index (χ1v) is 12.6. The quantitative estimate of drug-likeness (QED) is 0.203. The van der Waals surface area contributed by atoms with Gasteiger partial charge in [0.25, 0.3) is 0 Å². The maximum absolute atomic E-state index is 13.0. The minimum absolute atomic E-state index is 0.0915. The van der Waals surface area contributed by atoms with Gasteiger partial charge in [0, 0.05) is 29.4 Å². The van der Waals surface area contributed by atoms with Crippen molar-refractivity contribution in [1.29, 1.82) is 0 Å². The molecular formula is C31H25N5O6. The highest BCUT2D eigenvalue weighted by molar-refractivity contribution is 5.84. The minimum Gasteiger partial charge on any atom is -0.493 e. The SMILES string of the molecule is COc1cc(Cc2cnc(N)nc2N)cc(C#Cc2ccc3c(=O)c(OC(=O)O)cn(-c4ccccc4)c3c2)c1OC. The summed E-state index contributed by atoms with van der Waals surface area (Å²) in [7, 11) is 3.06. The molecule has 0 saturated heterocycles. The van der Waals surface area contributed by atoms with Gasteiger partial charge in [-0.2, -0.15) is 4.98 Å². The van der Waals surface area contributed by atoms with Crippen molar-refractivity contribution >= 4 is 28.8 Å². The van der Waals surface area contributed by atoms with Crippen molar-refractivity contribution in [3.8, 4) is 34.8 Å². The molecule has 3 aromatic carbocycles. The van der Waals surface area contributed by atoms with Crippen molar-refractivity contribution in [2.24, 2.45) is 0 Å². The van der Waals surface area contributed by atoms with Crippen LogP contribution >= 0.6 is 0 Å². The first-order chi connectivity index (χ1) is 20.3. The lowest BCUT2D eigenvalue weighted by Gasteiger charge is -2.13. The van der Waals surface area contributed by atoms with Crippen molar-refractivity contribution in [2.75, 3.05) is 25.7 Å². The van der Waals surface area contributed by atoms with Crippen LogP contribution in [0.1, 0.15) is 22.3 Å². The number of nitrogen functional groups attached to an aromatic ring is 2. The molecule has 0 radical (unpaired) electrons. The Labute approximate surface area is 239 Å². The molecule has 2 aromatic heterocycles. The lowest BCUT2D eigenvalue weighted by molar-refractivity contribution is 0.144. The van der Waals surface area contributed by atoms with Gasteiger partial charge in [-0.25, -0.2) is 9.78 Å². The van der Waals surface area contributed by atoms with Gasteiger partial charge in [0.15, 0.2) is 17.2 Å². The summed E-state index contributed by atoms with van der Waals surface area (Å²) in [6.45, 7) is 0. The number of aromatic nitrogens is 3. The fraction of sp³-hybridized carbons (Fsp3) is 0.0968. The molecule has 0 fully saturated rings. The van der Waals surface area contributed by atoms with Crippen LogP contribution in [0.3, 0.4) is 0 Å². The molecule has 0 bridgehead atoms. The lowest BCUT2D eigenvalue weighted by Crippen LogP contribution is -2.16. The Hall–Kier alpha value is -6.02. The molecule has 5 N–H and O–H groups in total. The van der Waals surface area contributed by atoms with Crippen LogP contribution in [0.5, 0.6) is 17.2 Å². The molecule has 0 unspecified atom stereocenters. The number of benzene rings is 3. The zero-order valence-corrected chi connectivity index (χ0v) is 22.6. The second-order valence-electron chi connectivity index (χ2n) is 9.07.